The lowest BCUT2D eigenvalue weighted by atomic mass is 9.97. The zero-order chi connectivity index (χ0) is 17.7. The number of hydrogen-bond donors (Lipinski definition) is 0. The summed E-state index contributed by atoms with van der Waals surface area (Å²) < 4.78 is 0. The van der Waals surface area contributed by atoms with Crippen LogP contribution < -0.4 is 0 Å². The van der Waals surface area contributed by atoms with Crippen molar-refractivity contribution < 1.29 is 0 Å². The van der Waals surface area contributed by atoms with Crippen LogP contribution in [0.1, 0.15) is 122 Å². The van der Waals surface area contributed by atoms with E-state index in [-0.39, 0.29) is 0 Å². The van der Waals surface area contributed by atoms with Gasteiger partial charge in [0.25, 0.3) is 0 Å². The van der Waals surface area contributed by atoms with Crippen LogP contribution in [0.5, 0.6) is 0 Å². The second-order valence-electron chi connectivity index (χ2n) is 7.75. The molecule has 2 radical (unpaired) electrons. The fourth-order valence-corrected chi connectivity index (χ4v) is 3.45. The Labute approximate surface area is 154 Å². The molecule has 0 aliphatic carbocycles. The minimum atomic E-state index is 0.923. The van der Waals surface area contributed by atoms with E-state index in [1.54, 1.807) is 0 Å². The van der Waals surface area contributed by atoms with Crippen molar-refractivity contribution in [1.82, 2.24) is 0 Å². The third-order valence-corrected chi connectivity index (χ3v) is 5.18. The largest absolute Gasteiger partial charge is 0.0885 e. The van der Waals surface area contributed by atoms with Crippen LogP contribution >= 0.6 is 0 Å². The van der Waals surface area contributed by atoms with Gasteiger partial charge in [0.2, 0.25) is 0 Å². The van der Waals surface area contributed by atoms with Crippen molar-refractivity contribution in [3.63, 3.8) is 0 Å². The molecule has 0 aromatic heterocycles. The van der Waals surface area contributed by atoms with E-state index < -0.39 is 0 Å². The summed E-state index contributed by atoms with van der Waals surface area (Å²) in [5.41, 5.74) is 0. The van der Waals surface area contributed by atoms with Crippen molar-refractivity contribution in [3.8, 4) is 0 Å². The third-order valence-electron chi connectivity index (χ3n) is 5.18. The van der Waals surface area contributed by atoms with Crippen LogP contribution in [0, 0.1) is 19.8 Å². The van der Waals surface area contributed by atoms with Crippen LogP contribution in [0.3, 0.4) is 0 Å². The van der Waals surface area contributed by atoms with Crippen LogP contribution in [0.4, 0.5) is 0 Å². The molecule has 0 heterocycles. The fourth-order valence-electron chi connectivity index (χ4n) is 3.45. The molecule has 0 aliphatic heterocycles. The quantitative estimate of drug-likeness (QED) is 0.207. The molecule has 0 saturated carbocycles. The molecule has 0 aliphatic rings. The van der Waals surface area contributed by atoms with Gasteiger partial charge < -0.3 is 0 Å². The molecule has 24 heavy (non-hydrogen) atoms. The van der Waals surface area contributed by atoms with E-state index in [0.29, 0.717) is 0 Å². The average molecular weight is 335 g/mol. The summed E-state index contributed by atoms with van der Waals surface area (Å²) in [7, 11) is 0. The summed E-state index contributed by atoms with van der Waals surface area (Å²) >= 11 is 0. The lowest BCUT2D eigenvalue weighted by Gasteiger charge is -2.10. The van der Waals surface area contributed by atoms with E-state index in [1.165, 1.54) is 109 Å². The Morgan fingerprint density at radius 2 is 1.04 bits per heavy atom. The van der Waals surface area contributed by atoms with E-state index in [1.807, 2.05) is 6.08 Å². The highest BCUT2D eigenvalue weighted by molar-refractivity contribution is 4.83. The molecule has 0 aromatic carbocycles. The monoisotopic (exact) mass is 334 g/mol. The van der Waals surface area contributed by atoms with Gasteiger partial charge in [-0.1, -0.05) is 129 Å². The van der Waals surface area contributed by atoms with Crippen molar-refractivity contribution in [1.29, 1.82) is 0 Å². The second kappa shape index (κ2) is 20.8. The predicted octanol–water partition coefficient (Wildman–Crippen LogP) is 8.87. The van der Waals surface area contributed by atoms with Gasteiger partial charge in [0.05, 0.1) is 0 Å². The highest BCUT2D eigenvalue weighted by atomic mass is 14.1. The summed E-state index contributed by atoms with van der Waals surface area (Å²) in [5.74, 6) is 0.923. The first-order valence-electron chi connectivity index (χ1n) is 11.0. The minimum absolute atomic E-state index is 0.923. The first kappa shape index (κ1) is 23.7. The molecule has 1 atom stereocenters. The molecule has 0 nitrogen and oxygen atoms in total. The Bertz CT molecular complexity index is 240. The molecule has 1 unspecified atom stereocenters. The molecule has 0 spiro atoms. The number of hydrogen-bond acceptors (Lipinski definition) is 0. The Hall–Kier alpha value is -0.260. The van der Waals surface area contributed by atoms with Gasteiger partial charge >= 0.3 is 0 Å². The molecule has 0 amide bonds. The molecule has 0 saturated heterocycles. The third kappa shape index (κ3) is 19.8. The Morgan fingerprint density at radius 1 is 0.625 bits per heavy atom. The molecule has 0 heteroatoms. The SMILES string of the molecule is [CH2]/C=C/CCCCCCCCCCCCCCCC(C)CCC[CH2]. The molecule has 0 fully saturated rings. The topological polar surface area (TPSA) is 0 Å². The van der Waals surface area contributed by atoms with E-state index in [9.17, 15) is 0 Å². The Kier molecular flexibility index (Phi) is 20.6. The molecular formula is C24H46. The van der Waals surface area contributed by atoms with E-state index >= 15 is 0 Å². The number of unbranched alkanes of at least 4 members (excludes halogenated alkanes) is 14. The van der Waals surface area contributed by atoms with E-state index in [0.717, 1.165) is 12.3 Å². The summed E-state index contributed by atoms with van der Waals surface area (Å²) in [6.45, 7) is 10.1. The van der Waals surface area contributed by atoms with Crippen LogP contribution in [-0.4, -0.2) is 0 Å². The Morgan fingerprint density at radius 3 is 1.50 bits per heavy atom. The van der Waals surface area contributed by atoms with Gasteiger partial charge in [-0.2, -0.15) is 0 Å². The predicted molar refractivity (Wildman–Crippen MR) is 112 cm³/mol. The standard InChI is InChI=1S/C24H46/c1-4-6-8-9-10-11-12-13-14-15-16-17-18-19-20-21-23-24(3)22-7-5-2/h4,6,24H,1-2,5,7-23H2,3H3/b6-4+. The minimum Gasteiger partial charge on any atom is -0.0885 e. The number of rotatable bonds is 19. The highest BCUT2D eigenvalue weighted by Gasteiger charge is 2.01. The molecule has 0 bridgehead atoms. The maximum absolute atomic E-state index is 3.93. The van der Waals surface area contributed by atoms with Gasteiger partial charge in [-0.15, -0.1) is 0 Å². The van der Waals surface area contributed by atoms with Crippen molar-refractivity contribution in [2.24, 2.45) is 5.92 Å². The van der Waals surface area contributed by atoms with Gasteiger partial charge in [0.1, 0.15) is 0 Å². The normalized spacial score (nSPS) is 13.0. The second-order valence-corrected chi connectivity index (χ2v) is 7.75. The van der Waals surface area contributed by atoms with E-state index in [2.05, 4.69) is 26.8 Å². The summed E-state index contributed by atoms with van der Waals surface area (Å²) in [5, 5.41) is 0. The fraction of sp³-hybridized carbons (Fsp3) is 0.833. The lowest BCUT2D eigenvalue weighted by Crippen LogP contribution is -1.94. The highest BCUT2D eigenvalue weighted by Crippen LogP contribution is 2.17. The van der Waals surface area contributed by atoms with Gasteiger partial charge in [-0.3, -0.25) is 0 Å². The average Bonchev–Trinajstić information content (AvgIpc) is 2.59. The first-order valence-corrected chi connectivity index (χ1v) is 11.0. The van der Waals surface area contributed by atoms with Crippen molar-refractivity contribution >= 4 is 0 Å². The number of allylic oxidation sites excluding steroid dienone is 2. The summed E-state index contributed by atoms with van der Waals surface area (Å²) in [4.78, 5) is 0. The van der Waals surface area contributed by atoms with Crippen LogP contribution in [0.15, 0.2) is 12.2 Å². The summed E-state index contributed by atoms with van der Waals surface area (Å²) in [6, 6.07) is 0. The molecule has 0 rings (SSSR count). The van der Waals surface area contributed by atoms with Crippen molar-refractivity contribution in [2.45, 2.75) is 122 Å². The van der Waals surface area contributed by atoms with Crippen LogP contribution in [0.2, 0.25) is 0 Å². The maximum atomic E-state index is 3.93. The van der Waals surface area contributed by atoms with Gasteiger partial charge in [-0.25, -0.2) is 0 Å². The molecule has 0 N–H and O–H groups in total. The zero-order valence-corrected chi connectivity index (χ0v) is 16.9. The molecular weight excluding hydrogens is 288 g/mol. The van der Waals surface area contributed by atoms with Crippen molar-refractivity contribution in [3.05, 3.63) is 26.0 Å². The first-order chi connectivity index (χ1) is 11.8. The van der Waals surface area contributed by atoms with Crippen LogP contribution in [-0.2, 0) is 0 Å². The van der Waals surface area contributed by atoms with E-state index in [4.69, 9.17) is 0 Å². The molecule has 142 valence electrons. The van der Waals surface area contributed by atoms with Gasteiger partial charge in [0, 0.05) is 0 Å². The summed E-state index contributed by atoms with van der Waals surface area (Å²) in [6.07, 6.45) is 29.3. The van der Waals surface area contributed by atoms with Gasteiger partial charge in [-0.05, 0) is 25.7 Å². The van der Waals surface area contributed by atoms with Crippen molar-refractivity contribution in [2.75, 3.05) is 0 Å². The smallest absolute Gasteiger partial charge is 0.0316 e. The lowest BCUT2D eigenvalue weighted by molar-refractivity contribution is 0.443. The zero-order valence-electron chi connectivity index (χ0n) is 16.9. The molecule has 0 aromatic rings. The maximum Gasteiger partial charge on any atom is -0.0316 e. The van der Waals surface area contributed by atoms with Gasteiger partial charge in [0.15, 0.2) is 0 Å². The van der Waals surface area contributed by atoms with Crippen LogP contribution in [0.25, 0.3) is 0 Å². The Balaban J connectivity index is 3.05.